The van der Waals surface area contributed by atoms with Crippen molar-refractivity contribution < 1.29 is 0 Å². The minimum absolute atomic E-state index is 0.777. The largest absolute Gasteiger partial charge is 0.0871 e. The SMILES string of the molecule is C/C=C/c1cc(C)c(-c2ccc(Cl)cc2)cc1C. The average Bonchev–Trinajstić information content (AvgIpc) is 2.35. The minimum atomic E-state index is 0.777. The molecule has 0 heterocycles. The highest BCUT2D eigenvalue weighted by Gasteiger charge is 2.05. The summed E-state index contributed by atoms with van der Waals surface area (Å²) in [7, 11) is 0. The van der Waals surface area contributed by atoms with Crippen LogP contribution in [-0.4, -0.2) is 0 Å². The van der Waals surface area contributed by atoms with Gasteiger partial charge in [0.15, 0.2) is 0 Å². The molecule has 0 amide bonds. The summed E-state index contributed by atoms with van der Waals surface area (Å²) in [5.41, 5.74) is 6.36. The van der Waals surface area contributed by atoms with E-state index in [4.69, 9.17) is 11.6 Å². The highest BCUT2D eigenvalue weighted by Crippen LogP contribution is 2.28. The summed E-state index contributed by atoms with van der Waals surface area (Å²) in [4.78, 5) is 0. The molecule has 1 heteroatoms. The van der Waals surface area contributed by atoms with E-state index in [-0.39, 0.29) is 0 Å². The highest BCUT2D eigenvalue weighted by atomic mass is 35.5. The summed E-state index contributed by atoms with van der Waals surface area (Å²) in [6.07, 6.45) is 4.22. The Hall–Kier alpha value is -1.53. The molecule has 0 bridgehead atoms. The quantitative estimate of drug-likeness (QED) is 0.651. The lowest BCUT2D eigenvalue weighted by Crippen LogP contribution is -1.89. The van der Waals surface area contributed by atoms with Gasteiger partial charge < -0.3 is 0 Å². The van der Waals surface area contributed by atoms with Crippen LogP contribution in [-0.2, 0) is 0 Å². The second-order valence-corrected chi connectivity index (χ2v) is 4.97. The van der Waals surface area contributed by atoms with E-state index in [1.54, 1.807) is 0 Å². The lowest BCUT2D eigenvalue weighted by molar-refractivity contribution is 1.37. The van der Waals surface area contributed by atoms with Crippen LogP contribution in [0.4, 0.5) is 0 Å². The predicted molar refractivity (Wildman–Crippen MR) is 81.1 cm³/mol. The normalized spacial score (nSPS) is 11.1. The van der Waals surface area contributed by atoms with Gasteiger partial charge >= 0.3 is 0 Å². The Labute approximate surface area is 114 Å². The van der Waals surface area contributed by atoms with Crippen molar-refractivity contribution in [2.24, 2.45) is 0 Å². The lowest BCUT2D eigenvalue weighted by atomic mass is 9.95. The van der Waals surface area contributed by atoms with Crippen molar-refractivity contribution in [3.63, 3.8) is 0 Å². The van der Waals surface area contributed by atoms with Crippen molar-refractivity contribution >= 4 is 17.7 Å². The Morgan fingerprint density at radius 1 is 0.944 bits per heavy atom. The van der Waals surface area contributed by atoms with Crippen molar-refractivity contribution in [1.29, 1.82) is 0 Å². The van der Waals surface area contributed by atoms with Crippen LogP contribution in [0.2, 0.25) is 5.02 Å². The number of hydrogen-bond donors (Lipinski definition) is 0. The van der Waals surface area contributed by atoms with E-state index in [0.29, 0.717) is 0 Å². The van der Waals surface area contributed by atoms with Crippen LogP contribution in [0.15, 0.2) is 42.5 Å². The molecule has 0 spiro atoms. The van der Waals surface area contributed by atoms with E-state index in [2.05, 4.69) is 50.3 Å². The van der Waals surface area contributed by atoms with Crippen LogP contribution in [0.5, 0.6) is 0 Å². The summed E-state index contributed by atoms with van der Waals surface area (Å²) in [5, 5.41) is 0.777. The van der Waals surface area contributed by atoms with E-state index < -0.39 is 0 Å². The number of rotatable bonds is 2. The van der Waals surface area contributed by atoms with Gasteiger partial charge in [0.1, 0.15) is 0 Å². The third kappa shape index (κ3) is 2.65. The van der Waals surface area contributed by atoms with E-state index in [1.807, 2.05) is 19.1 Å². The van der Waals surface area contributed by atoms with Gasteiger partial charge in [0, 0.05) is 5.02 Å². The number of halogens is 1. The molecule has 2 aromatic rings. The summed E-state index contributed by atoms with van der Waals surface area (Å²) in [5.74, 6) is 0. The maximum atomic E-state index is 5.93. The molecule has 0 saturated carbocycles. The smallest absolute Gasteiger partial charge is 0.0406 e. The monoisotopic (exact) mass is 256 g/mol. The minimum Gasteiger partial charge on any atom is -0.0871 e. The first-order valence-corrected chi connectivity index (χ1v) is 6.49. The van der Waals surface area contributed by atoms with Gasteiger partial charge in [0.2, 0.25) is 0 Å². The van der Waals surface area contributed by atoms with E-state index in [0.717, 1.165) is 5.02 Å². The molecule has 0 unspecified atom stereocenters. The molecule has 0 aliphatic rings. The first kappa shape index (κ1) is 12.9. The molecule has 18 heavy (non-hydrogen) atoms. The van der Waals surface area contributed by atoms with Gasteiger partial charge in [-0.15, -0.1) is 0 Å². The Balaban J connectivity index is 2.52. The third-order valence-corrected chi connectivity index (χ3v) is 3.37. The molecule has 2 aromatic carbocycles. The summed E-state index contributed by atoms with van der Waals surface area (Å²) in [6, 6.07) is 12.5. The standard InChI is InChI=1S/C17H17Cl/c1-4-5-15-10-13(3)17(11-12(15)2)14-6-8-16(18)9-7-14/h4-11H,1-3H3/b5-4+. The zero-order valence-electron chi connectivity index (χ0n) is 11.0. The van der Waals surface area contributed by atoms with Gasteiger partial charge in [-0.1, -0.05) is 48.0 Å². The van der Waals surface area contributed by atoms with Gasteiger partial charge in [-0.3, -0.25) is 0 Å². The van der Waals surface area contributed by atoms with Crippen LogP contribution < -0.4 is 0 Å². The first-order chi connectivity index (χ1) is 8.61. The van der Waals surface area contributed by atoms with Crippen molar-refractivity contribution in [2.75, 3.05) is 0 Å². The molecule has 92 valence electrons. The van der Waals surface area contributed by atoms with Crippen molar-refractivity contribution in [3.05, 3.63) is 64.2 Å². The van der Waals surface area contributed by atoms with E-state index in [9.17, 15) is 0 Å². The predicted octanol–water partition coefficient (Wildman–Crippen LogP) is 5.66. The van der Waals surface area contributed by atoms with E-state index >= 15 is 0 Å². The summed E-state index contributed by atoms with van der Waals surface area (Å²) < 4.78 is 0. The number of benzene rings is 2. The molecule has 0 N–H and O–H groups in total. The van der Waals surface area contributed by atoms with Crippen LogP contribution >= 0.6 is 11.6 Å². The zero-order valence-corrected chi connectivity index (χ0v) is 11.8. The van der Waals surface area contributed by atoms with Crippen LogP contribution in [0, 0.1) is 13.8 Å². The second kappa shape index (κ2) is 5.41. The number of aryl methyl sites for hydroxylation is 2. The molecule has 0 atom stereocenters. The van der Waals surface area contributed by atoms with Crippen LogP contribution in [0.25, 0.3) is 17.2 Å². The Morgan fingerprint density at radius 3 is 2.22 bits per heavy atom. The molecule has 0 saturated heterocycles. The van der Waals surface area contributed by atoms with E-state index in [1.165, 1.54) is 27.8 Å². The Kier molecular flexibility index (Phi) is 3.88. The van der Waals surface area contributed by atoms with Crippen molar-refractivity contribution in [1.82, 2.24) is 0 Å². The Bertz CT molecular complexity index is 577. The fourth-order valence-corrected chi connectivity index (χ4v) is 2.26. The van der Waals surface area contributed by atoms with Crippen LogP contribution in [0.3, 0.4) is 0 Å². The van der Waals surface area contributed by atoms with Crippen molar-refractivity contribution in [3.8, 4) is 11.1 Å². The third-order valence-electron chi connectivity index (χ3n) is 3.11. The maximum absolute atomic E-state index is 5.93. The molecule has 2 rings (SSSR count). The molecule has 0 aliphatic carbocycles. The fourth-order valence-electron chi connectivity index (χ4n) is 2.14. The first-order valence-electron chi connectivity index (χ1n) is 6.11. The molecular weight excluding hydrogens is 240 g/mol. The molecule has 0 fully saturated rings. The van der Waals surface area contributed by atoms with Gasteiger partial charge in [-0.25, -0.2) is 0 Å². The fraction of sp³-hybridized carbons (Fsp3) is 0.176. The van der Waals surface area contributed by atoms with Gasteiger partial charge in [0.05, 0.1) is 0 Å². The summed E-state index contributed by atoms with van der Waals surface area (Å²) >= 11 is 5.93. The highest BCUT2D eigenvalue weighted by molar-refractivity contribution is 6.30. The van der Waals surface area contributed by atoms with Gasteiger partial charge in [0.25, 0.3) is 0 Å². The maximum Gasteiger partial charge on any atom is 0.0406 e. The molecule has 0 radical (unpaired) electrons. The average molecular weight is 257 g/mol. The molecule has 0 nitrogen and oxygen atoms in total. The zero-order chi connectivity index (χ0) is 13.1. The van der Waals surface area contributed by atoms with Gasteiger partial charge in [-0.05, 0) is 60.7 Å². The topological polar surface area (TPSA) is 0 Å². The number of allylic oxidation sites excluding steroid dienone is 1. The van der Waals surface area contributed by atoms with Crippen molar-refractivity contribution in [2.45, 2.75) is 20.8 Å². The van der Waals surface area contributed by atoms with Gasteiger partial charge in [-0.2, -0.15) is 0 Å². The van der Waals surface area contributed by atoms with Crippen LogP contribution in [0.1, 0.15) is 23.6 Å². The second-order valence-electron chi connectivity index (χ2n) is 4.53. The Morgan fingerprint density at radius 2 is 1.61 bits per heavy atom. The number of hydrogen-bond acceptors (Lipinski definition) is 0. The molecule has 0 aliphatic heterocycles. The molecule has 0 aromatic heterocycles. The summed E-state index contributed by atoms with van der Waals surface area (Å²) in [6.45, 7) is 6.34. The molecular formula is C17H17Cl. The lowest BCUT2D eigenvalue weighted by Gasteiger charge is -2.10.